The van der Waals surface area contributed by atoms with E-state index in [0.29, 0.717) is 11.3 Å². The number of ether oxygens (including phenoxy) is 2. The third-order valence-corrected chi connectivity index (χ3v) is 4.51. The lowest BCUT2D eigenvalue weighted by Crippen LogP contribution is -2.41. The van der Waals surface area contributed by atoms with Crippen molar-refractivity contribution >= 4 is 11.9 Å². The second-order valence-electron chi connectivity index (χ2n) is 6.75. The van der Waals surface area contributed by atoms with E-state index >= 15 is 0 Å². The Morgan fingerprint density at radius 3 is 2.38 bits per heavy atom. The molecule has 1 aliphatic rings. The lowest BCUT2D eigenvalue weighted by Gasteiger charge is -2.22. The highest BCUT2D eigenvalue weighted by molar-refractivity contribution is 6.07. The smallest absolute Gasteiger partial charge is 0.492 e. The van der Waals surface area contributed by atoms with Gasteiger partial charge in [-0.2, -0.15) is 0 Å². The number of benzene rings is 2. The van der Waals surface area contributed by atoms with Crippen LogP contribution in [0.5, 0.6) is 11.5 Å². The first-order valence-electron chi connectivity index (χ1n) is 8.78. The molecule has 0 saturated carbocycles. The number of amides is 3. The highest BCUT2D eigenvalue weighted by atomic mass is 19.4. The molecule has 1 heterocycles. The summed E-state index contributed by atoms with van der Waals surface area (Å²) in [4.78, 5) is 26.1. The summed E-state index contributed by atoms with van der Waals surface area (Å²) in [5.41, 5.74) is -0.0347. The van der Waals surface area contributed by atoms with Crippen LogP contribution in [-0.4, -0.2) is 36.4 Å². The number of alkyl halides is 3. The quantitative estimate of drug-likeness (QED) is 0.740. The molecule has 1 aliphatic heterocycles. The fourth-order valence-electron chi connectivity index (χ4n) is 3.05. The number of hydrogen-bond donors (Lipinski definition) is 1. The van der Waals surface area contributed by atoms with Crippen molar-refractivity contribution < 1.29 is 32.2 Å². The van der Waals surface area contributed by atoms with Gasteiger partial charge in [-0.05, 0) is 49.2 Å². The number of nitrogens with zero attached hydrogens (tertiary/aromatic N) is 1. The molecule has 0 bridgehead atoms. The highest BCUT2D eigenvalue weighted by Crippen LogP contribution is 2.31. The lowest BCUT2D eigenvalue weighted by atomic mass is 9.92. The van der Waals surface area contributed by atoms with Crippen molar-refractivity contribution in [2.75, 3.05) is 13.2 Å². The van der Waals surface area contributed by atoms with Crippen LogP contribution in [-0.2, 0) is 10.3 Å². The van der Waals surface area contributed by atoms with Crippen LogP contribution in [0.25, 0.3) is 0 Å². The monoisotopic (exact) mass is 408 g/mol. The Hall–Kier alpha value is -3.23. The zero-order chi connectivity index (χ0) is 21.2. The molecule has 29 heavy (non-hydrogen) atoms. The molecule has 2 aromatic rings. The average molecular weight is 408 g/mol. The van der Waals surface area contributed by atoms with Crippen molar-refractivity contribution in [3.63, 3.8) is 0 Å². The van der Waals surface area contributed by atoms with Crippen LogP contribution in [0.2, 0.25) is 0 Å². The van der Waals surface area contributed by atoms with Crippen LogP contribution in [0, 0.1) is 6.92 Å². The van der Waals surface area contributed by atoms with E-state index in [-0.39, 0.29) is 13.2 Å². The van der Waals surface area contributed by atoms with Gasteiger partial charge in [0.1, 0.15) is 23.6 Å². The first-order chi connectivity index (χ1) is 13.6. The van der Waals surface area contributed by atoms with Gasteiger partial charge in [0.25, 0.3) is 5.91 Å². The fourth-order valence-corrected chi connectivity index (χ4v) is 3.05. The molecule has 6 nitrogen and oxygen atoms in total. The van der Waals surface area contributed by atoms with Crippen LogP contribution < -0.4 is 14.8 Å². The molecular formula is C20H19F3N2O4. The van der Waals surface area contributed by atoms with Crippen molar-refractivity contribution in [3.05, 3.63) is 59.7 Å². The maximum atomic E-state index is 12.8. The third-order valence-electron chi connectivity index (χ3n) is 4.51. The Morgan fingerprint density at radius 2 is 1.76 bits per heavy atom. The second kappa shape index (κ2) is 7.65. The van der Waals surface area contributed by atoms with E-state index in [1.165, 1.54) is 19.1 Å². The topological polar surface area (TPSA) is 67.9 Å². The van der Waals surface area contributed by atoms with Crippen molar-refractivity contribution in [2.45, 2.75) is 25.7 Å². The van der Waals surface area contributed by atoms with E-state index in [1.807, 2.05) is 25.1 Å². The number of hydrogen-bond acceptors (Lipinski definition) is 4. The average Bonchev–Trinajstić information content (AvgIpc) is 2.85. The summed E-state index contributed by atoms with van der Waals surface area (Å²) < 4.78 is 46.3. The summed E-state index contributed by atoms with van der Waals surface area (Å²) in [5.74, 6) is -0.301. The van der Waals surface area contributed by atoms with Crippen molar-refractivity contribution in [2.24, 2.45) is 0 Å². The molecule has 1 atom stereocenters. The predicted octanol–water partition coefficient (Wildman–Crippen LogP) is 3.74. The number of carbonyl (C=O) groups excluding carboxylic acids is 2. The van der Waals surface area contributed by atoms with Crippen molar-refractivity contribution in [1.29, 1.82) is 0 Å². The molecule has 9 heteroatoms. The van der Waals surface area contributed by atoms with Crippen LogP contribution in [0.3, 0.4) is 0 Å². The molecule has 1 fully saturated rings. The first-order valence-corrected chi connectivity index (χ1v) is 8.78. The number of halogens is 3. The summed E-state index contributed by atoms with van der Waals surface area (Å²) in [6, 6.07) is 11.6. The van der Waals surface area contributed by atoms with Crippen molar-refractivity contribution in [3.8, 4) is 11.5 Å². The Labute approximate surface area is 165 Å². The lowest BCUT2D eigenvalue weighted by molar-refractivity contribution is -0.274. The molecule has 0 aromatic heterocycles. The normalized spacial score (nSPS) is 19.3. The van der Waals surface area contributed by atoms with Crippen LogP contribution in [0.4, 0.5) is 18.0 Å². The summed E-state index contributed by atoms with van der Waals surface area (Å²) in [7, 11) is 0. The third kappa shape index (κ3) is 4.61. The van der Waals surface area contributed by atoms with E-state index in [9.17, 15) is 22.8 Å². The van der Waals surface area contributed by atoms with E-state index in [1.54, 1.807) is 6.07 Å². The molecule has 3 amide bonds. The summed E-state index contributed by atoms with van der Waals surface area (Å²) in [6.07, 6.45) is -4.81. The predicted molar refractivity (Wildman–Crippen MR) is 97.4 cm³/mol. The number of carbonyl (C=O) groups is 2. The van der Waals surface area contributed by atoms with Gasteiger partial charge in [0, 0.05) is 0 Å². The van der Waals surface area contributed by atoms with Gasteiger partial charge in [-0.25, -0.2) is 4.79 Å². The van der Waals surface area contributed by atoms with E-state index in [0.717, 1.165) is 22.6 Å². The minimum atomic E-state index is -4.81. The summed E-state index contributed by atoms with van der Waals surface area (Å²) in [5, 5.41) is 2.59. The van der Waals surface area contributed by atoms with Crippen LogP contribution >= 0.6 is 0 Å². The van der Waals surface area contributed by atoms with Crippen molar-refractivity contribution in [1.82, 2.24) is 10.2 Å². The highest BCUT2D eigenvalue weighted by Gasteiger charge is 2.48. The largest absolute Gasteiger partial charge is 0.573 e. The first kappa shape index (κ1) is 20.5. The number of rotatable bonds is 6. The van der Waals surface area contributed by atoms with Gasteiger partial charge in [-0.1, -0.05) is 24.3 Å². The number of imide groups is 1. The number of aryl methyl sites for hydroxylation is 1. The molecule has 3 rings (SSSR count). The molecule has 0 radical (unpaired) electrons. The minimum Gasteiger partial charge on any atom is -0.492 e. The summed E-state index contributed by atoms with van der Waals surface area (Å²) in [6.45, 7) is 3.55. The summed E-state index contributed by atoms with van der Waals surface area (Å²) >= 11 is 0. The van der Waals surface area contributed by atoms with Gasteiger partial charge in [0.2, 0.25) is 0 Å². The van der Waals surface area contributed by atoms with E-state index in [2.05, 4.69) is 10.1 Å². The SMILES string of the molecule is Cc1cccc(OCCN2C(=O)NC(C)(c3ccc(OC(F)(F)F)cc3)C2=O)c1. The van der Waals surface area contributed by atoms with Gasteiger partial charge in [-0.3, -0.25) is 9.69 Å². The van der Waals surface area contributed by atoms with Gasteiger partial charge in [0.05, 0.1) is 6.54 Å². The Morgan fingerprint density at radius 1 is 1.07 bits per heavy atom. The molecule has 2 aromatic carbocycles. The number of nitrogens with one attached hydrogen (secondary N) is 1. The van der Waals surface area contributed by atoms with E-state index in [4.69, 9.17) is 4.74 Å². The van der Waals surface area contributed by atoms with Crippen LogP contribution in [0.1, 0.15) is 18.1 Å². The maximum absolute atomic E-state index is 12.8. The minimum absolute atomic E-state index is 0.0312. The fraction of sp³-hybridized carbons (Fsp3) is 0.300. The number of urea groups is 1. The molecule has 0 aliphatic carbocycles. The van der Waals surface area contributed by atoms with Gasteiger partial charge in [0.15, 0.2) is 0 Å². The second-order valence-corrected chi connectivity index (χ2v) is 6.75. The molecule has 0 spiro atoms. The molecule has 154 valence electrons. The zero-order valence-electron chi connectivity index (χ0n) is 15.7. The van der Waals surface area contributed by atoms with E-state index < -0.39 is 29.6 Å². The van der Waals surface area contributed by atoms with Gasteiger partial charge in [-0.15, -0.1) is 13.2 Å². The molecule has 1 unspecified atom stereocenters. The van der Waals surface area contributed by atoms with Crippen LogP contribution in [0.15, 0.2) is 48.5 Å². The molecule has 1 saturated heterocycles. The maximum Gasteiger partial charge on any atom is 0.573 e. The Bertz CT molecular complexity index is 915. The zero-order valence-corrected chi connectivity index (χ0v) is 15.7. The standard InChI is InChI=1S/C20H19F3N2O4/c1-13-4-3-5-16(12-13)28-11-10-25-17(26)19(2,24-18(25)27)14-6-8-15(9-7-14)29-20(21,22)23/h3-9,12H,10-11H2,1-2H3,(H,24,27). The molecule has 1 N–H and O–H groups in total. The van der Waals surface area contributed by atoms with Gasteiger partial charge < -0.3 is 14.8 Å². The Balaban J connectivity index is 1.66. The Kier molecular flexibility index (Phi) is 5.41. The molecular weight excluding hydrogens is 389 g/mol. The van der Waals surface area contributed by atoms with Gasteiger partial charge >= 0.3 is 12.4 Å².